The summed E-state index contributed by atoms with van der Waals surface area (Å²) in [7, 11) is 0. The maximum atomic E-state index is 12.7. The van der Waals surface area contributed by atoms with E-state index in [0.717, 1.165) is 69.2 Å². The molecule has 0 spiro atoms. The molecule has 0 radical (unpaired) electrons. The number of piperidine rings is 1. The number of nitrogens with zero attached hydrogens (tertiary/aromatic N) is 4. The monoisotopic (exact) mass is 332 g/mol. The molecule has 124 valence electrons. The molecule has 5 nitrogen and oxygen atoms in total. The molecule has 1 aromatic heterocycles. The number of hydrogen-bond acceptors (Lipinski definition) is 5. The zero-order valence-corrected chi connectivity index (χ0v) is 14.4. The van der Waals surface area contributed by atoms with Gasteiger partial charge in [0, 0.05) is 54.9 Å². The molecule has 0 bridgehead atoms. The van der Waals surface area contributed by atoms with Crippen molar-refractivity contribution in [2.24, 2.45) is 5.92 Å². The van der Waals surface area contributed by atoms with Gasteiger partial charge in [-0.05, 0) is 32.1 Å². The fraction of sp³-hybridized carbons (Fsp3) is 0.706. The normalized spacial score (nSPS) is 22.3. The summed E-state index contributed by atoms with van der Waals surface area (Å²) in [4.78, 5) is 26.1. The number of anilines is 1. The van der Waals surface area contributed by atoms with Crippen molar-refractivity contribution >= 4 is 23.5 Å². The highest BCUT2D eigenvalue weighted by Gasteiger charge is 2.31. The van der Waals surface area contributed by atoms with Gasteiger partial charge in [0.15, 0.2) is 0 Å². The Morgan fingerprint density at radius 3 is 2.65 bits per heavy atom. The Balaban J connectivity index is 1.39. The molecule has 0 aromatic carbocycles. The molecule has 0 saturated carbocycles. The smallest absolute Gasteiger partial charge is 0.225 e. The molecule has 1 aromatic rings. The first-order valence-electron chi connectivity index (χ1n) is 8.77. The minimum Gasteiger partial charge on any atom is -0.356 e. The molecule has 3 aliphatic rings. The fourth-order valence-corrected chi connectivity index (χ4v) is 4.90. The average molecular weight is 332 g/mol. The molecule has 2 aliphatic heterocycles. The Morgan fingerprint density at radius 2 is 1.87 bits per heavy atom. The van der Waals surface area contributed by atoms with Crippen molar-refractivity contribution in [3.05, 3.63) is 17.6 Å². The van der Waals surface area contributed by atoms with Crippen molar-refractivity contribution in [2.75, 3.05) is 42.6 Å². The number of aryl methyl sites for hydroxylation is 1. The Labute approximate surface area is 141 Å². The molecule has 2 fully saturated rings. The van der Waals surface area contributed by atoms with Crippen molar-refractivity contribution in [3.63, 3.8) is 0 Å². The number of fused-ring (bicyclic) bond motifs is 1. The van der Waals surface area contributed by atoms with Crippen LogP contribution in [0.3, 0.4) is 0 Å². The summed E-state index contributed by atoms with van der Waals surface area (Å²) in [5.41, 5.74) is 2.59. The molecule has 1 amide bonds. The van der Waals surface area contributed by atoms with Gasteiger partial charge >= 0.3 is 0 Å². The van der Waals surface area contributed by atoms with Crippen LogP contribution in [0.15, 0.2) is 6.33 Å². The molecular weight excluding hydrogens is 308 g/mol. The number of carbonyl (C=O) groups is 1. The minimum absolute atomic E-state index is 0.212. The van der Waals surface area contributed by atoms with E-state index >= 15 is 0 Å². The lowest BCUT2D eigenvalue weighted by molar-refractivity contribution is -0.135. The second-order valence-electron chi connectivity index (χ2n) is 6.68. The quantitative estimate of drug-likeness (QED) is 0.826. The van der Waals surface area contributed by atoms with Crippen molar-refractivity contribution in [1.29, 1.82) is 0 Å². The van der Waals surface area contributed by atoms with E-state index in [9.17, 15) is 4.79 Å². The predicted octanol–water partition coefficient (Wildman–Crippen LogP) is 1.76. The van der Waals surface area contributed by atoms with Gasteiger partial charge in [-0.15, -0.1) is 0 Å². The van der Waals surface area contributed by atoms with Gasteiger partial charge in [0.05, 0.1) is 0 Å². The molecule has 23 heavy (non-hydrogen) atoms. The second kappa shape index (κ2) is 6.67. The minimum atomic E-state index is 0.212. The van der Waals surface area contributed by atoms with E-state index in [0.29, 0.717) is 5.91 Å². The summed E-state index contributed by atoms with van der Waals surface area (Å²) in [6, 6.07) is 0. The van der Waals surface area contributed by atoms with Crippen LogP contribution in [0.1, 0.15) is 30.5 Å². The van der Waals surface area contributed by atoms with E-state index in [1.807, 2.05) is 11.8 Å². The van der Waals surface area contributed by atoms with Crippen LogP contribution in [-0.4, -0.2) is 58.5 Å². The lowest BCUT2D eigenvalue weighted by atomic mass is 9.95. The van der Waals surface area contributed by atoms with E-state index in [4.69, 9.17) is 0 Å². The van der Waals surface area contributed by atoms with Gasteiger partial charge < -0.3 is 9.80 Å². The van der Waals surface area contributed by atoms with Gasteiger partial charge in [0.1, 0.15) is 12.1 Å². The highest BCUT2D eigenvalue weighted by atomic mass is 32.2. The van der Waals surface area contributed by atoms with Gasteiger partial charge in [-0.3, -0.25) is 4.79 Å². The van der Waals surface area contributed by atoms with Crippen LogP contribution in [0.25, 0.3) is 0 Å². The SMILES string of the molecule is O=C(C1CCN(c2ncnc3c2CCC3)CC1)N1CCSCC1. The number of carbonyl (C=O) groups excluding carboxylic acids is 1. The van der Waals surface area contributed by atoms with Crippen LogP contribution >= 0.6 is 11.8 Å². The first-order chi connectivity index (χ1) is 11.3. The number of thioether (sulfide) groups is 1. The first kappa shape index (κ1) is 15.2. The Bertz CT molecular complexity index is 580. The number of aromatic nitrogens is 2. The zero-order valence-electron chi connectivity index (χ0n) is 13.5. The summed E-state index contributed by atoms with van der Waals surface area (Å²) in [5.74, 6) is 3.92. The van der Waals surface area contributed by atoms with Crippen LogP contribution in [-0.2, 0) is 17.6 Å². The average Bonchev–Trinajstić information content (AvgIpc) is 3.11. The van der Waals surface area contributed by atoms with Gasteiger partial charge in [0.25, 0.3) is 0 Å². The van der Waals surface area contributed by atoms with E-state index < -0.39 is 0 Å². The third-order valence-corrected chi connectivity index (χ3v) is 6.26. The van der Waals surface area contributed by atoms with Crippen molar-refractivity contribution in [3.8, 4) is 0 Å². The summed E-state index contributed by atoms with van der Waals surface area (Å²) >= 11 is 1.96. The second-order valence-corrected chi connectivity index (χ2v) is 7.90. The van der Waals surface area contributed by atoms with E-state index in [2.05, 4.69) is 19.8 Å². The molecule has 2 saturated heterocycles. The maximum absolute atomic E-state index is 12.7. The first-order valence-corrected chi connectivity index (χ1v) is 9.92. The third-order valence-electron chi connectivity index (χ3n) is 5.32. The summed E-state index contributed by atoms with van der Waals surface area (Å²) in [6.45, 7) is 3.76. The fourth-order valence-electron chi connectivity index (χ4n) is 3.99. The van der Waals surface area contributed by atoms with E-state index in [-0.39, 0.29) is 5.92 Å². The van der Waals surface area contributed by atoms with Gasteiger partial charge in [-0.2, -0.15) is 11.8 Å². The lowest BCUT2D eigenvalue weighted by Crippen LogP contribution is -2.45. The lowest BCUT2D eigenvalue weighted by Gasteiger charge is -2.36. The van der Waals surface area contributed by atoms with Gasteiger partial charge in [0.2, 0.25) is 5.91 Å². The van der Waals surface area contributed by atoms with Crippen LogP contribution in [0.4, 0.5) is 5.82 Å². The van der Waals surface area contributed by atoms with Crippen LogP contribution in [0, 0.1) is 5.92 Å². The molecule has 0 N–H and O–H groups in total. The van der Waals surface area contributed by atoms with Crippen molar-refractivity contribution in [1.82, 2.24) is 14.9 Å². The highest BCUT2D eigenvalue weighted by Crippen LogP contribution is 2.31. The molecule has 0 unspecified atom stereocenters. The van der Waals surface area contributed by atoms with E-state index in [1.165, 1.54) is 17.7 Å². The summed E-state index contributed by atoms with van der Waals surface area (Å²) in [5, 5.41) is 0. The van der Waals surface area contributed by atoms with Crippen LogP contribution in [0.5, 0.6) is 0 Å². The predicted molar refractivity (Wildman–Crippen MR) is 92.9 cm³/mol. The highest BCUT2D eigenvalue weighted by molar-refractivity contribution is 7.99. The van der Waals surface area contributed by atoms with E-state index in [1.54, 1.807) is 6.33 Å². The molecule has 6 heteroatoms. The number of rotatable bonds is 2. The third kappa shape index (κ3) is 3.05. The largest absolute Gasteiger partial charge is 0.356 e. The molecule has 4 rings (SSSR count). The topological polar surface area (TPSA) is 49.3 Å². The molecular formula is C17H24N4OS. The summed E-state index contributed by atoms with van der Waals surface area (Å²) in [6.07, 6.45) is 7.02. The Hall–Kier alpha value is -1.30. The summed E-state index contributed by atoms with van der Waals surface area (Å²) < 4.78 is 0. The van der Waals surface area contributed by atoms with Crippen molar-refractivity contribution in [2.45, 2.75) is 32.1 Å². The standard InChI is InChI=1S/C17H24N4OS/c22-17(21-8-10-23-11-9-21)13-4-6-20(7-5-13)16-14-2-1-3-15(14)18-12-19-16/h12-13H,1-11H2. The molecule has 0 atom stereocenters. The van der Waals surface area contributed by atoms with Crippen LogP contribution in [0.2, 0.25) is 0 Å². The van der Waals surface area contributed by atoms with Gasteiger partial charge in [-0.1, -0.05) is 0 Å². The van der Waals surface area contributed by atoms with Crippen molar-refractivity contribution < 1.29 is 4.79 Å². The Kier molecular flexibility index (Phi) is 4.42. The van der Waals surface area contributed by atoms with Gasteiger partial charge in [-0.25, -0.2) is 9.97 Å². The Morgan fingerprint density at radius 1 is 1.09 bits per heavy atom. The van der Waals surface area contributed by atoms with Crippen LogP contribution < -0.4 is 4.90 Å². The molecule has 1 aliphatic carbocycles. The number of hydrogen-bond donors (Lipinski definition) is 0. The number of amides is 1. The maximum Gasteiger partial charge on any atom is 0.225 e. The molecule has 3 heterocycles. The zero-order chi connectivity index (χ0) is 15.6.